The Morgan fingerprint density at radius 3 is 1.05 bits per heavy atom. The Hall–Kier alpha value is -9.56. The van der Waals surface area contributed by atoms with Gasteiger partial charge in [-0.15, -0.1) is 11.3 Å². The van der Waals surface area contributed by atoms with E-state index in [1.165, 1.54) is 88.6 Å². The SMILES string of the molecule is COC(=O)CCc1ccc(N(c2ccc(-c3ccc4c(c3)sc3cc(-c5ccc(N(c6ccc(CCC(=O)OC)cc6)c6cc7ccccc7c7ccccc67)cc5)ccc34)cc2)c2cc3ccccc3c3ccccc23)cc1. The summed E-state index contributed by atoms with van der Waals surface area (Å²) < 4.78 is 12.3. The molecule has 79 heavy (non-hydrogen) atoms. The summed E-state index contributed by atoms with van der Waals surface area (Å²) in [4.78, 5) is 28.7. The zero-order valence-electron chi connectivity index (χ0n) is 43.9. The summed E-state index contributed by atoms with van der Waals surface area (Å²) in [5, 5.41) is 12.1. The van der Waals surface area contributed by atoms with Crippen LogP contribution in [0.5, 0.6) is 0 Å². The lowest BCUT2D eigenvalue weighted by molar-refractivity contribution is -0.141. The number of fused-ring (bicyclic) bond motifs is 9. The van der Waals surface area contributed by atoms with Gasteiger partial charge >= 0.3 is 11.9 Å². The molecule has 0 bridgehead atoms. The minimum absolute atomic E-state index is 0.210. The predicted octanol–water partition coefficient (Wildman–Crippen LogP) is 19.2. The number of thiophene rings is 1. The molecule has 0 saturated heterocycles. The monoisotopic (exact) mass is 1040 g/mol. The van der Waals surface area contributed by atoms with Gasteiger partial charge in [-0.1, -0.05) is 170 Å². The number of carbonyl (C=O) groups is 2. The number of rotatable bonds is 14. The van der Waals surface area contributed by atoms with E-state index in [9.17, 15) is 9.59 Å². The van der Waals surface area contributed by atoms with Crippen molar-refractivity contribution < 1.29 is 19.1 Å². The van der Waals surface area contributed by atoms with Gasteiger partial charge in [0.1, 0.15) is 0 Å². The van der Waals surface area contributed by atoms with Crippen LogP contribution in [0.4, 0.5) is 34.1 Å². The van der Waals surface area contributed by atoms with Gasteiger partial charge in [-0.05, 0) is 151 Å². The van der Waals surface area contributed by atoms with Gasteiger partial charge in [-0.3, -0.25) is 9.59 Å². The highest BCUT2D eigenvalue weighted by molar-refractivity contribution is 7.25. The standard InChI is InChI=1S/C72H54N2O4S/c1-77-71(75)41-23-47-19-31-55(32-20-47)73(67-43-53-11-3-5-13-59(53)61-15-7-9-17-63(61)67)57-35-25-49(26-36-57)51-29-39-65-66-40-30-52(46-70(66)79-69(65)45-51)50-27-37-58(38-28-50)74(56-33-21-48(22-34-56)24-42-72(76)78-2)68-44-54-12-4-6-14-60(54)62-16-8-10-18-64(62)68/h3-22,25-40,43-46H,23-24,41-42H2,1-2H3. The number of methoxy groups -OCH3 is 2. The number of ether oxygens (including phenoxy) is 2. The Kier molecular flexibility index (Phi) is 13.1. The van der Waals surface area contributed by atoms with Crippen LogP contribution in [0.1, 0.15) is 24.0 Å². The summed E-state index contributed by atoms with van der Waals surface area (Å²) in [6.07, 6.45) is 1.91. The summed E-state index contributed by atoms with van der Waals surface area (Å²) >= 11 is 1.84. The summed E-state index contributed by atoms with van der Waals surface area (Å²) in [5.74, 6) is -0.419. The van der Waals surface area contributed by atoms with Crippen molar-refractivity contribution in [3.05, 3.63) is 254 Å². The summed E-state index contributed by atoms with van der Waals surface area (Å²) in [6, 6.07) is 87.8. The number of esters is 2. The van der Waals surface area contributed by atoms with E-state index in [0.29, 0.717) is 25.7 Å². The summed E-state index contributed by atoms with van der Waals surface area (Å²) in [5.41, 5.74) is 13.1. The lowest BCUT2D eigenvalue weighted by Gasteiger charge is -2.28. The smallest absolute Gasteiger partial charge is 0.305 e. The van der Waals surface area contributed by atoms with E-state index in [4.69, 9.17) is 9.47 Å². The molecule has 1 heterocycles. The number of nitrogens with zero attached hydrogens (tertiary/aromatic N) is 2. The van der Waals surface area contributed by atoms with Crippen molar-refractivity contribution in [1.82, 2.24) is 0 Å². The van der Waals surface area contributed by atoms with Gasteiger partial charge in [0, 0.05) is 66.5 Å². The average Bonchev–Trinajstić information content (AvgIpc) is 3.95. The van der Waals surface area contributed by atoms with Crippen molar-refractivity contribution >= 4 is 121 Å². The quantitative estimate of drug-likeness (QED) is 0.0799. The maximum absolute atomic E-state index is 12.0. The molecular weight excluding hydrogens is 989 g/mol. The zero-order valence-corrected chi connectivity index (χ0v) is 44.7. The molecule has 0 saturated carbocycles. The van der Waals surface area contributed by atoms with Crippen molar-refractivity contribution in [3.63, 3.8) is 0 Å². The molecule has 0 atom stereocenters. The molecule has 0 spiro atoms. The second kappa shape index (κ2) is 21.1. The first kappa shape index (κ1) is 49.0. The van der Waals surface area contributed by atoms with Gasteiger partial charge in [0.15, 0.2) is 0 Å². The first-order chi connectivity index (χ1) is 38.9. The van der Waals surface area contributed by atoms with E-state index < -0.39 is 0 Å². The second-order valence-corrected chi connectivity index (χ2v) is 21.2. The Labute approximate surface area is 462 Å². The van der Waals surface area contributed by atoms with Gasteiger partial charge in [-0.2, -0.15) is 0 Å². The van der Waals surface area contributed by atoms with Crippen LogP contribution in [0.25, 0.3) is 85.5 Å². The molecule has 0 amide bonds. The Bertz CT molecular complexity index is 4150. The largest absolute Gasteiger partial charge is 0.469 e. The lowest BCUT2D eigenvalue weighted by atomic mass is 9.98. The minimum Gasteiger partial charge on any atom is -0.469 e. The van der Waals surface area contributed by atoms with Crippen molar-refractivity contribution in [2.75, 3.05) is 24.0 Å². The third-order valence-corrected chi connectivity index (χ3v) is 16.6. The van der Waals surface area contributed by atoms with Crippen LogP contribution >= 0.6 is 11.3 Å². The predicted molar refractivity (Wildman–Crippen MR) is 330 cm³/mol. The van der Waals surface area contributed by atoms with E-state index in [1.54, 1.807) is 0 Å². The fourth-order valence-corrected chi connectivity index (χ4v) is 12.5. The average molecular weight is 1040 g/mol. The molecule has 0 aliphatic heterocycles. The van der Waals surface area contributed by atoms with E-state index in [2.05, 4.69) is 252 Å². The maximum Gasteiger partial charge on any atom is 0.305 e. The number of anilines is 6. The highest BCUT2D eigenvalue weighted by Gasteiger charge is 2.21. The van der Waals surface area contributed by atoms with Gasteiger partial charge in [0.25, 0.3) is 0 Å². The van der Waals surface area contributed by atoms with E-state index in [1.807, 2.05) is 11.3 Å². The van der Waals surface area contributed by atoms with Crippen LogP contribution in [0, 0.1) is 0 Å². The number of hydrogen-bond acceptors (Lipinski definition) is 7. The Balaban J connectivity index is 0.816. The van der Waals surface area contributed by atoms with Gasteiger partial charge in [0.2, 0.25) is 0 Å². The molecule has 0 N–H and O–H groups in total. The highest BCUT2D eigenvalue weighted by atomic mass is 32.1. The van der Waals surface area contributed by atoms with Crippen LogP contribution in [0.3, 0.4) is 0 Å². The highest BCUT2D eigenvalue weighted by Crippen LogP contribution is 2.46. The molecule has 13 rings (SSSR count). The van der Waals surface area contributed by atoms with Crippen molar-refractivity contribution in [2.45, 2.75) is 25.7 Å². The third-order valence-electron chi connectivity index (χ3n) is 15.4. The molecule has 1 aromatic heterocycles. The van der Waals surface area contributed by atoms with Crippen LogP contribution in [-0.4, -0.2) is 26.2 Å². The topological polar surface area (TPSA) is 59.1 Å². The van der Waals surface area contributed by atoms with Crippen LogP contribution in [0.15, 0.2) is 243 Å². The molecule has 0 aliphatic carbocycles. The van der Waals surface area contributed by atoms with E-state index in [-0.39, 0.29) is 11.9 Å². The van der Waals surface area contributed by atoms with Crippen LogP contribution in [-0.2, 0) is 31.9 Å². The maximum atomic E-state index is 12.0. The Morgan fingerprint density at radius 1 is 0.342 bits per heavy atom. The molecule has 0 radical (unpaired) electrons. The third kappa shape index (κ3) is 9.49. The van der Waals surface area contributed by atoms with Gasteiger partial charge < -0.3 is 19.3 Å². The fourth-order valence-electron chi connectivity index (χ4n) is 11.4. The summed E-state index contributed by atoms with van der Waals surface area (Å²) in [6.45, 7) is 0. The molecule has 382 valence electrons. The molecule has 7 heteroatoms. The fraction of sp³-hybridized carbons (Fsp3) is 0.0833. The van der Waals surface area contributed by atoms with Gasteiger partial charge in [0.05, 0.1) is 25.6 Å². The summed E-state index contributed by atoms with van der Waals surface area (Å²) in [7, 11) is 2.87. The molecule has 12 aromatic carbocycles. The number of hydrogen-bond donors (Lipinski definition) is 0. The minimum atomic E-state index is -0.210. The molecule has 0 aliphatic rings. The first-order valence-electron chi connectivity index (χ1n) is 26.8. The normalized spacial score (nSPS) is 11.5. The van der Waals surface area contributed by atoms with Gasteiger partial charge in [-0.25, -0.2) is 0 Å². The zero-order chi connectivity index (χ0) is 53.4. The molecule has 0 unspecified atom stereocenters. The molecule has 13 aromatic rings. The van der Waals surface area contributed by atoms with Crippen molar-refractivity contribution in [3.8, 4) is 22.3 Å². The van der Waals surface area contributed by atoms with Crippen molar-refractivity contribution in [1.29, 1.82) is 0 Å². The number of carbonyl (C=O) groups excluding carboxylic acids is 2. The molecule has 0 fully saturated rings. The number of aryl methyl sites for hydroxylation is 2. The van der Waals surface area contributed by atoms with Crippen LogP contribution in [0.2, 0.25) is 0 Å². The van der Waals surface area contributed by atoms with E-state index in [0.717, 1.165) is 56.4 Å². The van der Waals surface area contributed by atoms with E-state index >= 15 is 0 Å². The lowest BCUT2D eigenvalue weighted by Crippen LogP contribution is -2.11. The first-order valence-corrected chi connectivity index (χ1v) is 27.6. The molecular formula is C72H54N2O4S. The van der Waals surface area contributed by atoms with Crippen molar-refractivity contribution in [2.24, 2.45) is 0 Å². The molecule has 6 nitrogen and oxygen atoms in total. The Morgan fingerprint density at radius 2 is 0.671 bits per heavy atom. The second-order valence-electron chi connectivity index (χ2n) is 20.1. The van der Waals surface area contributed by atoms with Crippen LogP contribution < -0.4 is 9.80 Å². The number of benzene rings is 12.